The van der Waals surface area contributed by atoms with Gasteiger partial charge in [-0.2, -0.15) is 0 Å². The number of carbonyl (C=O) groups is 1. The van der Waals surface area contributed by atoms with Crippen LogP contribution in [0.1, 0.15) is 12.5 Å². The van der Waals surface area contributed by atoms with Gasteiger partial charge in [0.25, 0.3) is 0 Å². The van der Waals surface area contributed by atoms with Gasteiger partial charge in [0.15, 0.2) is 11.6 Å². The van der Waals surface area contributed by atoms with Gasteiger partial charge in [0.2, 0.25) is 0 Å². The molecular formula is C10H10FNO2. The number of rotatable bonds is 2. The first kappa shape index (κ1) is 10.2. The number of hydrogen-bond donors (Lipinski definition) is 1. The monoisotopic (exact) mass is 195 g/mol. The molecule has 1 aromatic rings. The zero-order chi connectivity index (χ0) is 10.7. The Hall–Kier alpha value is -1.84. The Balaban J connectivity index is 3.22. The summed E-state index contributed by atoms with van der Waals surface area (Å²) >= 11 is 0. The van der Waals surface area contributed by atoms with Crippen LogP contribution < -0.4 is 10.5 Å². The fourth-order valence-corrected chi connectivity index (χ4v) is 1.05. The molecule has 3 nitrogen and oxygen atoms in total. The van der Waals surface area contributed by atoms with E-state index in [0.29, 0.717) is 11.1 Å². The van der Waals surface area contributed by atoms with Crippen molar-refractivity contribution in [3.05, 3.63) is 36.2 Å². The minimum atomic E-state index is -1.04. The number of allylic oxidation sites excluding steroid dienone is 1. The van der Waals surface area contributed by atoms with Gasteiger partial charge in [-0.05, 0) is 18.6 Å². The topological polar surface area (TPSA) is 52.3 Å². The first-order chi connectivity index (χ1) is 6.52. The summed E-state index contributed by atoms with van der Waals surface area (Å²) in [5, 5.41) is 0. The predicted molar refractivity (Wildman–Crippen MR) is 51.3 cm³/mol. The van der Waals surface area contributed by atoms with E-state index in [0.717, 1.165) is 0 Å². The third-order valence-electron chi connectivity index (χ3n) is 1.63. The molecule has 0 saturated heterocycles. The molecule has 14 heavy (non-hydrogen) atoms. The van der Waals surface area contributed by atoms with Crippen molar-refractivity contribution in [3.8, 4) is 5.75 Å². The Kier molecular flexibility index (Phi) is 2.86. The second kappa shape index (κ2) is 3.91. The van der Waals surface area contributed by atoms with E-state index in [1.165, 1.54) is 12.1 Å². The number of para-hydroxylation sites is 1. The molecule has 74 valence electrons. The smallest absolute Gasteiger partial charge is 0.407 e. The lowest BCUT2D eigenvalue weighted by Gasteiger charge is -2.08. The van der Waals surface area contributed by atoms with Gasteiger partial charge in [-0.3, -0.25) is 0 Å². The van der Waals surface area contributed by atoms with Gasteiger partial charge in [0.1, 0.15) is 0 Å². The summed E-state index contributed by atoms with van der Waals surface area (Å²) in [5.41, 5.74) is 5.84. The van der Waals surface area contributed by atoms with E-state index in [-0.39, 0.29) is 5.75 Å². The van der Waals surface area contributed by atoms with Crippen LogP contribution in [0.4, 0.5) is 9.18 Å². The van der Waals surface area contributed by atoms with Crippen LogP contribution in [-0.4, -0.2) is 6.09 Å². The molecule has 4 heteroatoms. The zero-order valence-electron chi connectivity index (χ0n) is 7.71. The number of amides is 1. The van der Waals surface area contributed by atoms with Gasteiger partial charge in [0.05, 0.1) is 0 Å². The highest BCUT2D eigenvalue weighted by Crippen LogP contribution is 2.27. The highest BCUT2D eigenvalue weighted by molar-refractivity contribution is 5.73. The molecule has 0 aliphatic rings. The largest absolute Gasteiger partial charge is 0.410 e. The van der Waals surface area contributed by atoms with Gasteiger partial charge < -0.3 is 10.5 Å². The summed E-state index contributed by atoms with van der Waals surface area (Å²) in [5.74, 6) is -0.809. The molecule has 0 spiro atoms. The van der Waals surface area contributed by atoms with E-state index in [2.05, 4.69) is 11.3 Å². The standard InChI is InChI=1S/C10H10FNO2/c1-6(2)7-4-3-5-8(11)9(7)14-10(12)13/h3-5H,1H2,2H3,(H2,12,13). The molecular weight excluding hydrogens is 185 g/mol. The van der Waals surface area contributed by atoms with E-state index in [9.17, 15) is 9.18 Å². The summed E-state index contributed by atoms with van der Waals surface area (Å²) in [6.45, 7) is 5.32. The minimum Gasteiger partial charge on any atom is -0.407 e. The van der Waals surface area contributed by atoms with E-state index in [1.807, 2.05) is 0 Å². The van der Waals surface area contributed by atoms with E-state index < -0.39 is 11.9 Å². The van der Waals surface area contributed by atoms with Crippen LogP contribution in [0.2, 0.25) is 0 Å². The van der Waals surface area contributed by atoms with Crippen molar-refractivity contribution in [1.29, 1.82) is 0 Å². The molecule has 1 amide bonds. The lowest BCUT2D eigenvalue weighted by atomic mass is 10.1. The summed E-state index contributed by atoms with van der Waals surface area (Å²) < 4.78 is 17.7. The number of ether oxygens (including phenoxy) is 1. The summed E-state index contributed by atoms with van der Waals surface area (Å²) in [6.07, 6.45) is -1.04. The van der Waals surface area contributed by atoms with Gasteiger partial charge in [-0.1, -0.05) is 18.7 Å². The van der Waals surface area contributed by atoms with E-state index in [1.54, 1.807) is 13.0 Å². The van der Waals surface area contributed by atoms with Gasteiger partial charge in [-0.15, -0.1) is 0 Å². The van der Waals surface area contributed by atoms with Crippen LogP contribution in [0.15, 0.2) is 24.8 Å². The maximum absolute atomic E-state index is 13.2. The number of carbonyl (C=O) groups excluding carboxylic acids is 1. The Labute approximate surface area is 81.0 Å². The Morgan fingerprint density at radius 2 is 2.21 bits per heavy atom. The highest BCUT2D eigenvalue weighted by Gasteiger charge is 2.12. The number of halogens is 1. The molecule has 0 radical (unpaired) electrons. The van der Waals surface area contributed by atoms with Crippen LogP contribution in [0, 0.1) is 5.82 Å². The van der Waals surface area contributed by atoms with E-state index >= 15 is 0 Å². The van der Waals surface area contributed by atoms with Crippen LogP contribution in [0.5, 0.6) is 5.75 Å². The number of nitrogens with two attached hydrogens (primary N) is 1. The fraction of sp³-hybridized carbons (Fsp3) is 0.100. The van der Waals surface area contributed by atoms with Crippen molar-refractivity contribution < 1.29 is 13.9 Å². The first-order valence-corrected chi connectivity index (χ1v) is 3.94. The molecule has 1 rings (SSSR count). The molecule has 0 atom stereocenters. The number of benzene rings is 1. The maximum atomic E-state index is 13.2. The lowest BCUT2D eigenvalue weighted by Crippen LogP contribution is -2.17. The van der Waals surface area contributed by atoms with Crippen LogP contribution in [0.25, 0.3) is 5.57 Å². The second-order valence-corrected chi connectivity index (χ2v) is 2.82. The predicted octanol–water partition coefficient (Wildman–Crippen LogP) is 2.32. The third kappa shape index (κ3) is 2.10. The molecule has 0 bridgehead atoms. The maximum Gasteiger partial charge on any atom is 0.410 e. The minimum absolute atomic E-state index is 0.174. The lowest BCUT2D eigenvalue weighted by molar-refractivity contribution is 0.208. The molecule has 0 aliphatic heterocycles. The first-order valence-electron chi connectivity index (χ1n) is 3.94. The molecule has 2 N–H and O–H groups in total. The van der Waals surface area contributed by atoms with Crippen molar-refractivity contribution >= 4 is 11.7 Å². The van der Waals surface area contributed by atoms with Crippen molar-refractivity contribution in [2.24, 2.45) is 5.73 Å². The molecule has 0 aromatic heterocycles. The third-order valence-corrected chi connectivity index (χ3v) is 1.63. The van der Waals surface area contributed by atoms with Crippen LogP contribution >= 0.6 is 0 Å². The zero-order valence-corrected chi connectivity index (χ0v) is 7.71. The van der Waals surface area contributed by atoms with Gasteiger partial charge in [-0.25, -0.2) is 9.18 Å². The van der Waals surface area contributed by atoms with Crippen molar-refractivity contribution in [2.45, 2.75) is 6.92 Å². The number of hydrogen-bond acceptors (Lipinski definition) is 2. The molecule has 1 aromatic carbocycles. The number of primary amides is 1. The molecule has 0 saturated carbocycles. The molecule has 0 heterocycles. The molecule has 0 aliphatic carbocycles. The SMILES string of the molecule is C=C(C)c1cccc(F)c1OC(N)=O. The summed E-state index contributed by atoms with van der Waals surface area (Å²) in [7, 11) is 0. The Morgan fingerprint density at radius 1 is 1.57 bits per heavy atom. The average molecular weight is 195 g/mol. The van der Waals surface area contributed by atoms with Crippen LogP contribution in [0.3, 0.4) is 0 Å². The summed E-state index contributed by atoms with van der Waals surface area (Å²) in [4.78, 5) is 10.5. The fourth-order valence-electron chi connectivity index (χ4n) is 1.05. The molecule has 0 unspecified atom stereocenters. The van der Waals surface area contributed by atoms with Gasteiger partial charge in [0, 0.05) is 5.56 Å². The van der Waals surface area contributed by atoms with E-state index in [4.69, 9.17) is 5.73 Å². The normalized spacial score (nSPS) is 9.57. The summed E-state index contributed by atoms with van der Waals surface area (Å²) in [6, 6.07) is 4.29. The van der Waals surface area contributed by atoms with Gasteiger partial charge >= 0.3 is 6.09 Å². The quantitative estimate of drug-likeness (QED) is 0.787. The molecule has 0 fully saturated rings. The van der Waals surface area contributed by atoms with Crippen molar-refractivity contribution in [2.75, 3.05) is 0 Å². The Morgan fingerprint density at radius 3 is 2.71 bits per heavy atom. The second-order valence-electron chi connectivity index (χ2n) is 2.82. The Bertz CT molecular complexity index is 388. The van der Waals surface area contributed by atoms with Crippen molar-refractivity contribution in [3.63, 3.8) is 0 Å². The van der Waals surface area contributed by atoms with Crippen LogP contribution in [-0.2, 0) is 0 Å². The highest BCUT2D eigenvalue weighted by atomic mass is 19.1. The van der Waals surface area contributed by atoms with Crippen molar-refractivity contribution in [1.82, 2.24) is 0 Å². The average Bonchev–Trinajstić information content (AvgIpc) is 2.07.